The summed E-state index contributed by atoms with van der Waals surface area (Å²) in [5.74, 6) is 0.762. The van der Waals surface area contributed by atoms with Crippen LogP contribution in [0.5, 0.6) is 0 Å². The maximum atomic E-state index is 11.8. The molecule has 0 unspecified atom stereocenters. The number of hydrogen-bond donors (Lipinski definition) is 2. The minimum absolute atomic E-state index is 0.0696. The van der Waals surface area contributed by atoms with Gasteiger partial charge in [0.1, 0.15) is 0 Å². The van der Waals surface area contributed by atoms with Gasteiger partial charge in [-0.2, -0.15) is 0 Å². The fourth-order valence-corrected chi connectivity index (χ4v) is 2.26. The van der Waals surface area contributed by atoms with E-state index in [1.54, 1.807) is 0 Å². The number of hydrogen-bond acceptors (Lipinski definition) is 2. The van der Waals surface area contributed by atoms with E-state index in [0.717, 1.165) is 10.6 Å². The Kier molecular flexibility index (Phi) is 4.83. The minimum atomic E-state index is 0.0696. The van der Waals surface area contributed by atoms with E-state index >= 15 is 0 Å². The highest BCUT2D eigenvalue weighted by molar-refractivity contribution is 6.30. The lowest BCUT2D eigenvalue weighted by Crippen LogP contribution is -2.40. The standard InChI is InChI=1S/C15H21ClN2O/c1-10(12-5-7-14(16)8-6-12)17-9-15(19)18-11(2)13-3-4-13/h5-8,10-11,13,17H,3-4,9H2,1-2H3,(H,18,19)/t10-,11-/m1/s1. The van der Waals surface area contributed by atoms with E-state index in [4.69, 9.17) is 11.6 Å². The predicted molar refractivity (Wildman–Crippen MR) is 78.2 cm³/mol. The van der Waals surface area contributed by atoms with Crippen molar-refractivity contribution in [2.45, 2.75) is 38.8 Å². The molecule has 2 rings (SSSR count). The molecule has 4 heteroatoms. The Morgan fingerprint density at radius 1 is 1.32 bits per heavy atom. The van der Waals surface area contributed by atoms with Crippen LogP contribution in [-0.2, 0) is 4.79 Å². The van der Waals surface area contributed by atoms with Gasteiger partial charge in [0.05, 0.1) is 6.54 Å². The lowest BCUT2D eigenvalue weighted by atomic mass is 10.1. The molecule has 2 atom stereocenters. The summed E-state index contributed by atoms with van der Waals surface area (Å²) in [6.07, 6.45) is 2.49. The summed E-state index contributed by atoms with van der Waals surface area (Å²) in [4.78, 5) is 11.8. The van der Waals surface area contributed by atoms with Crippen molar-refractivity contribution in [3.05, 3.63) is 34.9 Å². The summed E-state index contributed by atoms with van der Waals surface area (Å²) < 4.78 is 0. The van der Waals surface area contributed by atoms with Crippen molar-refractivity contribution < 1.29 is 4.79 Å². The van der Waals surface area contributed by atoms with Crippen molar-refractivity contribution in [2.75, 3.05) is 6.54 Å². The first-order valence-corrected chi connectivity index (χ1v) is 7.22. The SMILES string of the molecule is C[C@@H](NCC(=O)N[C@H](C)C1CC1)c1ccc(Cl)cc1. The van der Waals surface area contributed by atoms with Gasteiger partial charge in [-0.25, -0.2) is 0 Å². The molecule has 1 saturated carbocycles. The van der Waals surface area contributed by atoms with E-state index in [9.17, 15) is 4.79 Å². The van der Waals surface area contributed by atoms with Crippen molar-refractivity contribution in [3.8, 4) is 0 Å². The van der Waals surface area contributed by atoms with Crippen LogP contribution in [0.3, 0.4) is 0 Å². The van der Waals surface area contributed by atoms with Crippen molar-refractivity contribution in [1.29, 1.82) is 0 Å². The molecule has 0 aromatic heterocycles. The maximum absolute atomic E-state index is 11.8. The lowest BCUT2D eigenvalue weighted by molar-refractivity contribution is -0.121. The van der Waals surface area contributed by atoms with Gasteiger partial charge < -0.3 is 10.6 Å². The minimum Gasteiger partial charge on any atom is -0.352 e. The van der Waals surface area contributed by atoms with E-state index < -0.39 is 0 Å². The molecule has 19 heavy (non-hydrogen) atoms. The number of amides is 1. The second-order valence-corrected chi connectivity index (χ2v) is 5.78. The Bertz CT molecular complexity index is 428. The first-order chi connectivity index (χ1) is 9.06. The highest BCUT2D eigenvalue weighted by Gasteiger charge is 2.28. The van der Waals surface area contributed by atoms with Crippen LogP contribution >= 0.6 is 11.6 Å². The van der Waals surface area contributed by atoms with Crippen LogP contribution in [0.1, 0.15) is 38.3 Å². The lowest BCUT2D eigenvalue weighted by Gasteiger charge is -2.16. The topological polar surface area (TPSA) is 41.1 Å². The third-order valence-electron chi connectivity index (χ3n) is 3.66. The number of carbonyl (C=O) groups is 1. The van der Waals surface area contributed by atoms with Crippen LogP contribution in [0.4, 0.5) is 0 Å². The zero-order chi connectivity index (χ0) is 13.8. The molecule has 0 aliphatic heterocycles. The van der Waals surface area contributed by atoms with E-state index in [1.807, 2.05) is 31.2 Å². The molecule has 3 nitrogen and oxygen atoms in total. The van der Waals surface area contributed by atoms with Crippen LogP contribution < -0.4 is 10.6 Å². The summed E-state index contributed by atoms with van der Waals surface area (Å²) in [6, 6.07) is 8.13. The molecule has 0 saturated heterocycles. The molecule has 1 aliphatic carbocycles. The fourth-order valence-electron chi connectivity index (χ4n) is 2.13. The Hall–Kier alpha value is -1.06. The molecular weight excluding hydrogens is 260 g/mol. The number of rotatable bonds is 6. The molecule has 1 amide bonds. The van der Waals surface area contributed by atoms with Crippen molar-refractivity contribution >= 4 is 17.5 Å². The molecule has 0 radical (unpaired) electrons. The molecular formula is C15H21ClN2O. The molecule has 2 N–H and O–H groups in total. The van der Waals surface area contributed by atoms with Crippen LogP contribution in [0.15, 0.2) is 24.3 Å². The monoisotopic (exact) mass is 280 g/mol. The number of benzene rings is 1. The van der Waals surface area contributed by atoms with Gasteiger partial charge in [-0.3, -0.25) is 4.79 Å². The Labute approximate surface area is 119 Å². The molecule has 0 heterocycles. The molecule has 1 aromatic carbocycles. The van der Waals surface area contributed by atoms with Gasteiger partial charge in [0.2, 0.25) is 5.91 Å². The summed E-state index contributed by atoms with van der Waals surface area (Å²) in [6.45, 7) is 4.47. The zero-order valence-corrected chi connectivity index (χ0v) is 12.2. The van der Waals surface area contributed by atoms with Crippen LogP contribution in [0.25, 0.3) is 0 Å². The van der Waals surface area contributed by atoms with Crippen molar-refractivity contribution in [2.24, 2.45) is 5.92 Å². The number of halogens is 1. The predicted octanol–water partition coefficient (Wildman–Crippen LogP) is 2.91. The summed E-state index contributed by atoms with van der Waals surface area (Å²) >= 11 is 5.85. The molecule has 104 valence electrons. The van der Waals surface area contributed by atoms with Crippen LogP contribution in [0.2, 0.25) is 5.02 Å². The normalized spacial score (nSPS) is 17.8. The maximum Gasteiger partial charge on any atom is 0.234 e. The van der Waals surface area contributed by atoms with Gasteiger partial charge in [0, 0.05) is 17.1 Å². The van der Waals surface area contributed by atoms with Crippen molar-refractivity contribution in [3.63, 3.8) is 0 Å². The molecule has 0 bridgehead atoms. The Morgan fingerprint density at radius 3 is 2.53 bits per heavy atom. The molecule has 1 aliphatic rings. The Morgan fingerprint density at radius 2 is 1.95 bits per heavy atom. The van der Waals surface area contributed by atoms with Gasteiger partial charge in [0.25, 0.3) is 0 Å². The molecule has 1 fully saturated rings. The smallest absolute Gasteiger partial charge is 0.234 e. The quantitative estimate of drug-likeness (QED) is 0.841. The average Bonchev–Trinajstić information content (AvgIpc) is 3.21. The largest absolute Gasteiger partial charge is 0.352 e. The third-order valence-corrected chi connectivity index (χ3v) is 3.91. The van der Waals surface area contributed by atoms with Gasteiger partial charge in [-0.1, -0.05) is 23.7 Å². The summed E-state index contributed by atoms with van der Waals surface area (Å²) in [5.41, 5.74) is 1.13. The van der Waals surface area contributed by atoms with E-state index in [2.05, 4.69) is 17.6 Å². The molecule has 0 spiro atoms. The second-order valence-electron chi connectivity index (χ2n) is 5.35. The van der Waals surface area contributed by atoms with Gasteiger partial charge in [-0.05, 0) is 50.3 Å². The van der Waals surface area contributed by atoms with Gasteiger partial charge >= 0.3 is 0 Å². The summed E-state index contributed by atoms with van der Waals surface area (Å²) in [5, 5.41) is 6.99. The van der Waals surface area contributed by atoms with E-state index in [1.165, 1.54) is 12.8 Å². The van der Waals surface area contributed by atoms with Gasteiger partial charge in [0.15, 0.2) is 0 Å². The highest BCUT2D eigenvalue weighted by Crippen LogP contribution is 2.32. The Balaban J connectivity index is 1.74. The first-order valence-electron chi connectivity index (χ1n) is 6.84. The first kappa shape index (κ1) is 14.4. The highest BCUT2D eigenvalue weighted by atomic mass is 35.5. The summed E-state index contributed by atoms with van der Waals surface area (Å²) in [7, 11) is 0. The van der Waals surface area contributed by atoms with Gasteiger partial charge in [-0.15, -0.1) is 0 Å². The average molecular weight is 281 g/mol. The van der Waals surface area contributed by atoms with E-state index in [0.29, 0.717) is 18.5 Å². The van der Waals surface area contributed by atoms with Crippen molar-refractivity contribution in [1.82, 2.24) is 10.6 Å². The third kappa shape index (κ3) is 4.51. The number of carbonyl (C=O) groups excluding carboxylic acids is 1. The number of nitrogens with one attached hydrogen (secondary N) is 2. The zero-order valence-electron chi connectivity index (χ0n) is 11.4. The van der Waals surface area contributed by atoms with Crippen LogP contribution in [-0.4, -0.2) is 18.5 Å². The second kappa shape index (κ2) is 6.40. The van der Waals surface area contributed by atoms with Crippen LogP contribution in [0, 0.1) is 5.92 Å². The fraction of sp³-hybridized carbons (Fsp3) is 0.533. The van der Waals surface area contributed by atoms with E-state index in [-0.39, 0.29) is 11.9 Å². The molecule has 1 aromatic rings.